The molecule has 2 rings (SSSR count). The highest BCUT2D eigenvalue weighted by Crippen LogP contribution is 2.21. The Bertz CT molecular complexity index is 243. The molecule has 1 aromatic carbocycles. The van der Waals surface area contributed by atoms with E-state index in [1.54, 1.807) is 0 Å². The third kappa shape index (κ3) is 2.58. The van der Waals surface area contributed by atoms with E-state index in [9.17, 15) is 0 Å². The fourth-order valence-corrected chi connectivity index (χ4v) is 1.99. The third-order valence-corrected chi connectivity index (χ3v) is 2.54. The van der Waals surface area contributed by atoms with Gasteiger partial charge in [0.2, 0.25) is 0 Å². The Morgan fingerprint density at radius 1 is 1.14 bits per heavy atom. The zero-order chi connectivity index (χ0) is 10.4. The van der Waals surface area contributed by atoms with Crippen LogP contribution in [0.5, 0.6) is 0 Å². The summed E-state index contributed by atoms with van der Waals surface area (Å²) in [6, 6.07) is 9.44. The van der Waals surface area contributed by atoms with E-state index >= 15 is 0 Å². The number of benzene rings is 1. The smallest absolute Gasteiger partial charge is 0.0148 e. The lowest BCUT2D eigenvalue weighted by Crippen LogP contribution is -2.28. The molecule has 0 saturated heterocycles. The second-order valence-electron chi connectivity index (χ2n) is 3.43. The summed E-state index contributed by atoms with van der Waals surface area (Å²) in [5.74, 6) is 0. The normalized spacial score (nSPS) is 14.5. The van der Waals surface area contributed by atoms with Gasteiger partial charge in [-0.3, -0.25) is 0 Å². The van der Waals surface area contributed by atoms with Crippen LogP contribution in [0.2, 0.25) is 0 Å². The molecule has 78 valence electrons. The molecule has 0 aromatic heterocycles. The number of nitrogens with one attached hydrogen (secondary N) is 1. The Balaban J connectivity index is 0.000000461. The first kappa shape index (κ1) is 11.3. The molecule has 0 atom stereocenters. The summed E-state index contributed by atoms with van der Waals surface area (Å²) in [4.78, 5) is 0. The molecule has 0 amide bonds. The monoisotopic (exact) mass is 191 g/mol. The fourth-order valence-electron chi connectivity index (χ4n) is 1.99. The molecular weight excluding hydrogens is 170 g/mol. The van der Waals surface area contributed by atoms with Crippen LogP contribution in [-0.2, 0) is 12.8 Å². The number of rotatable bonds is 2. The third-order valence-electron chi connectivity index (χ3n) is 2.54. The van der Waals surface area contributed by atoms with Crippen LogP contribution in [0.4, 0.5) is 0 Å². The van der Waals surface area contributed by atoms with Crippen molar-refractivity contribution in [3.05, 3.63) is 35.4 Å². The van der Waals surface area contributed by atoms with Crippen LogP contribution in [0.3, 0.4) is 0 Å². The van der Waals surface area contributed by atoms with Crippen molar-refractivity contribution in [2.45, 2.75) is 39.7 Å². The Hall–Kier alpha value is -0.820. The molecule has 0 fully saturated rings. The van der Waals surface area contributed by atoms with Crippen LogP contribution in [-0.4, -0.2) is 12.6 Å². The number of hydrogen-bond donors (Lipinski definition) is 1. The molecule has 14 heavy (non-hydrogen) atoms. The van der Waals surface area contributed by atoms with Gasteiger partial charge in [-0.25, -0.2) is 0 Å². The van der Waals surface area contributed by atoms with Gasteiger partial charge in [-0.2, -0.15) is 0 Å². The first-order valence-electron chi connectivity index (χ1n) is 5.70. The van der Waals surface area contributed by atoms with Gasteiger partial charge in [-0.05, 0) is 30.5 Å². The summed E-state index contributed by atoms with van der Waals surface area (Å²) >= 11 is 0. The largest absolute Gasteiger partial charge is 0.314 e. The minimum absolute atomic E-state index is 0.687. The Labute approximate surface area is 87.5 Å². The summed E-state index contributed by atoms with van der Waals surface area (Å²) in [6.45, 7) is 7.25. The van der Waals surface area contributed by atoms with Crippen LogP contribution >= 0.6 is 0 Å². The Morgan fingerprint density at radius 2 is 1.64 bits per heavy atom. The van der Waals surface area contributed by atoms with Crippen molar-refractivity contribution < 1.29 is 0 Å². The molecule has 0 radical (unpaired) electrons. The second-order valence-corrected chi connectivity index (χ2v) is 3.43. The minimum Gasteiger partial charge on any atom is -0.314 e. The molecular formula is C13H21N. The maximum atomic E-state index is 3.49. The standard InChI is InChI=1S/C11H15N.C2H6/c1-2-12-11-7-9-5-3-4-6-10(9)8-11;1-2/h3-6,11-12H,2,7-8H2,1H3;1-2H3. The molecule has 0 heterocycles. The molecule has 1 nitrogen and oxygen atoms in total. The molecule has 1 aromatic rings. The first-order valence-corrected chi connectivity index (χ1v) is 5.70. The maximum Gasteiger partial charge on any atom is 0.0148 e. The molecule has 1 N–H and O–H groups in total. The van der Waals surface area contributed by atoms with E-state index in [0.29, 0.717) is 6.04 Å². The predicted molar refractivity (Wildman–Crippen MR) is 62.7 cm³/mol. The van der Waals surface area contributed by atoms with Gasteiger partial charge >= 0.3 is 0 Å². The Morgan fingerprint density at radius 3 is 2.07 bits per heavy atom. The summed E-state index contributed by atoms with van der Waals surface area (Å²) in [7, 11) is 0. The minimum atomic E-state index is 0.687. The summed E-state index contributed by atoms with van der Waals surface area (Å²) in [6.07, 6.45) is 2.42. The van der Waals surface area contributed by atoms with Crippen molar-refractivity contribution in [3.63, 3.8) is 0 Å². The number of hydrogen-bond acceptors (Lipinski definition) is 1. The Kier molecular flexibility index (Phi) is 4.68. The molecule has 0 unspecified atom stereocenters. The average molecular weight is 191 g/mol. The highest BCUT2D eigenvalue weighted by atomic mass is 14.9. The zero-order valence-electron chi connectivity index (χ0n) is 9.51. The van der Waals surface area contributed by atoms with Gasteiger partial charge in [-0.15, -0.1) is 0 Å². The van der Waals surface area contributed by atoms with E-state index in [0.717, 1.165) is 6.54 Å². The number of fused-ring (bicyclic) bond motifs is 1. The predicted octanol–water partition coefficient (Wildman–Crippen LogP) is 2.79. The van der Waals surface area contributed by atoms with Crippen molar-refractivity contribution in [2.75, 3.05) is 6.54 Å². The van der Waals surface area contributed by atoms with Gasteiger partial charge in [0.15, 0.2) is 0 Å². The van der Waals surface area contributed by atoms with E-state index in [2.05, 4.69) is 36.5 Å². The quantitative estimate of drug-likeness (QED) is 0.758. The van der Waals surface area contributed by atoms with Gasteiger partial charge in [0.1, 0.15) is 0 Å². The molecule has 1 aliphatic rings. The van der Waals surface area contributed by atoms with E-state index in [1.165, 1.54) is 24.0 Å². The van der Waals surface area contributed by atoms with E-state index < -0.39 is 0 Å². The maximum absolute atomic E-state index is 3.49. The topological polar surface area (TPSA) is 12.0 Å². The molecule has 0 saturated carbocycles. The molecule has 1 aliphatic carbocycles. The van der Waals surface area contributed by atoms with Gasteiger partial charge in [0.25, 0.3) is 0 Å². The van der Waals surface area contributed by atoms with Crippen molar-refractivity contribution in [1.29, 1.82) is 0 Å². The molecule has 0 aliphatic heterocycles. The van der Waals surface area contributed by atoms with Gasteiger partial charge in [-0.1, -0.05) is 45.0 Å². The number of likely N-dealkylation sites (N-methyl/N-ethyl adjacent to an activating group) is 1. The molecule has 1 heteroatoms. The van der Waals surface area contributed by atoms with Crippen LogP contribution in [0.15, 0.2) is 24.3 Å². The van der Waals surface area contributed by atoms with E-state index in [1.807, 2.05) is 13.8 Å². The highest BCUT2D eigenvalue weighted by molar-refractivity contribution is 5.33. The lowest BCUT2D eigenvalue weighted by Gasteiger charge is -2.08. The van der Waals surface area contributed by atoms with Crippen molar-refractivity contribution in [2.24, 2.45) is 0 Å². The summed E-state index contributed by atoms with van der Waals surface area (Å²) in [5, 5.41) is 3.49. The zero-order valence-corrected chi connectivity index (χ0v) is 9.51. The van der Waals surface area contributed by atoms with Crippen molar-refractivity contribution in [3.8, 4) is 0 Å². The summed E-state index contributed by atoms with van der Waals surface area (Å²) < 4.78 is 0. The lowest BCUT2D eigenvalue weighted by molar-refractivity contribution is 0.552. The van der Waals surface area contributed by atoms with Crippen molar-refractivity contribution >= 4 is 0 Å². The van der Waals surface area contributed by atoms with Crippen LogP contribution in [0.25, 0.3) is 0 Å². The van der Waals surface area contributed by atoms with Crippen LogP contribution in [0, 0.1) is 0 Å². The van der Waals surface area contributed by atoms with Gasteiger partial charge in [0.05, 0.1) is 0 Å². The van der Waals surface area contributed by atoms with Crippen molar-refractivity contribution in [1.82, 2.24) is 5.32 Å². The van der Waals surface area contributed by atoms with E-state index in [-0.39, 0.29) is 0 Å². The van der Waals surface area contributed by atoms with Crippen LogP contribution < -0.4 is 5.32 Å². The van der Waals surface area contributed by atoms with Gasteiger partial charge in [0, 0.05) is 6.04 Å². The summed E-state index contributed by atoms with van der Waals surface area (Å²) in [5.41, 5.74) is 3.06. The highest BCUT2D eigenvalue weighted by Gasteiger charge is 2.18. The van der Waals surface area contributed by atoms with Gasteiger partial charge < -0.3 is 5.32 Å². The molecule has 0 spiro atoms. The SMILES string of the molecule is CC.CCNC1Cc2ccccc2C1. The molecule has 0 bridgehead atoms. The van der Waals surface area contributed by atoms with Crippen LogP contribution in [0.1, 0.15) is 31.9 Å². The lowest BCUT2D eigenvalue weighted by atomic mass is 10.1. The van der Waals surface area contributed by atoms with E-state index in [4.69, 9.17) is 0 Å². The first-order chi connectivity index (χ1) is 6.90. The fraction of sp³-hybridized carbons (Fsp3) is 0.538. The second kappa shape index (κ2) is 5.82. The average Bonchev–Trinajstić information content (AvgIpc) is 2.63.